The van der Waals surface area contributed by atoms with Crippen LogP contribution >= 0.6 is 0 Å². The predicted octanol–water partition coefficient (Wildman–Crippen LogP) is 3.62. The molecular formula is C13H13. The Labute approximate surface area is 79.6 Å². The summed E-state index contributed by atoms with van der Waals surface area (Å²) in [6, 6.07) is 10.5. The van der Waals surface area contributed by atoms with Crippen LogP contribution in [0.3, 0.4) is 0 Å². The van der Waals surface area contributed by atoms with E-state index in [0.717, 1.165) is 6.42 Å². The van der Waals surface area contributed by atoms with Crippen LogP contribution in [0.2, 0.25) is 0 Å². The molecule has 1 aromatic carbocycles. The van der Waals surface area contributed by atoms with Gasteiger partial charge >= 0.3 is 0 Å². The summed E-state index contributed by atoms with van der Waals surface area (Å²) in [6.45, 7) is 2.16. The fraction of sp³-hybridized carbons (Fsp3) is 0.154. The van der Waals surface area contributed by atoms with Crippen LogP contribution in [-0.4, -0.2) is 0 Å². The molecule has 1 aliphatic rings. The molecule has 0 saturated carbocycles. The lowest BCUT2D eigenvalue weighted by molar-refractivity contribution is 1.06. The van der Waals surface area contributed by atoms with Gasteiger partial charge in [-0.25, -0.2) is 0 Å². The van der Waals surface area contributed by atoms with Crippen LogP contribution < -0.4 is 0 Å². The first-order valence-corrected chi connectivity index (χ1v) is 4.62. The van der Waals surface area contributed by atoms with E-state index in [1.807, 2.05) is 6.07 Å². The van der Waals surface area contributed by atoms with Crippen molar-refractivity contribution in [1.82, 2.24) is 0 Å². The van der Waals surface area contributed by atoms with E-state index in [0.29, 0.717) is 0 Å². The van der Waals surface area contributed by atoms with Gasteiger partial charge in [-0.2, -0.15) is 0 Å². The Bertz CT molecular complexity index is 330. The van der Waals surface area contributed by atoms with Crippen LogP contribution in [0, 0.1) is 5.92 Å². The van der Waals surface area contributed by atoms with Gasteiger partial charge in [0, 0.05) is 0 Å². The molecule has 1 radical (unpaired) electrons. The fourth-order valence-electron chi connectivity index (χ4n) is 1.48. The highest BCUT2D eigenvalue weighted by atomic mass is 14.1. The van der Waals surface area contributed by atoms with Crippen molar-refractivity contribution in [3.63, 3.8) is 0 Å². The van der Waals surface area contributed by atoms with Crippen molar-refractivity contribution >= 4 is 5.57 Å². The monoisotopic (exact) mass is 169 g/mol. The largest absolute Gasteiger partial charge is 0.0768 e. The fourth-order valence-corrected chi connectivity index (χ4v) is 1.48. The molecule has 1 aromatic rings. The topological polar surface area (TPSA) is 0 Å². The maximum Gasteiger partial charge on any atom is -0.00171 e. The molecular weight excluding hydrogens is 156 g/mol. The predicted molar refractivity (Wildman–Crippen MR) is 57.1 cm³/mol. The second-order valence-electron chi connectivity index (χ2n) is 3.41. The molecule has 0 heterocycles. The first kappa shape index (κ1) is 8.31. The van der Waals surface area contributed by atoms with E-state index < -0.39 is 0 Å². The highest BCUT2D eigenvalue weighted by molar-refractivity contribution is 5.75. The Balaban J connectivity index is 2.25. The van der Waals surface area contributed by atoms with Gasteiger partial charge in [-0.3, -0.25) is 0 Å². The average molecular weight is 169 g/mol. The zero-order valence-electron chi connectivity index (χ0n) is 7.83. The molecule has 0 amide bonds. The van der Waals surface area contributed by atoms with Crippen molar-refractivity contribution < 1.29 is 0 Å². The number of rotatable bonds is 1. The molecule has 0 N–H and O–H groups in total. The van der Waals surface area contributed by atoms with Crippen LogP contribution in [0.5, 0.6) is 0 Å². The van der Waals surface area contributed by atoms with E-state index in [1.165, 1.54) is 17.1 Å². The highest BCUT2D eigenvalue weighted by Crippen LogP contribution is 2.24. The molecule has 0 spiro atoms. The zero-order chi connectivity index (χ0) is 9.10. The van der Waals surface area contributed by atoms with Gasteiger partial charge in [0.25, 0.3) is 0 Å². The quantitative estimate of drug-likeness (QED) is 0.602. The van der Waals surface area contributed by atoms with E-state index in [-0.39, 0.29) is 0 Å². The lowest BCUT2D eigenvalue weighted by Crippen LogP contribution is -1.91. The Morgan fingerprint density at radius 3 is 2.38 bits per heavy atom. The lowest BCUT2D eigenvalue weighted by Gasteiger charge is -2.10. The summed E-state index contributed by atoms with van der Waals surface area (Å²) >= 11 is 0. The van der Waals surface area contributed by atoms with Gasteiger partial charge in [-0.15, -0.1) is 0 Å². The average Bonchev–Trinajstić information content (AvgIpc) is 2.20. The minimum Gasteiger partial charge on any atom is -0.0768 e. The molecule has 0 unspecified atom stereocenters. The summed E-state index contributed by atoms with van der Waals surface area (Å²) in [6.07, 6.45) is 7.75. The van der Waals surface area contributed by atoms with E-state index in [9.17, 15) is 0 Å². The molecule has 0 saturated heterocycles. The van der Waals surface area contributed by atoms with Crippen molar-refractivity contribution in [2.45, 2.75) is 13.3 Å². The molecule has 0 atom stereocenters. The lowest BCUT2D eigenvalue weighted by atomic mass is 9.94. The highest BCUT2D eigenvalue weighted by Gasteiger charge is 2.04. The number of hydrogen-bond donors (Lipinski definition) is 0. The van der Waals surface area contributed by atoms with Gasteiger partial charge in [-0.05, 0) is 23.5 Å². The van der Waals surface area contributed by atoms with Crippen LogP contribution in [0.25, 0.3) is 5.57 Å². The molecule has 0 fully saturated rings. The van der Waals surface area contributed by atoms with E-state index in [2.05, 4.69) is 49.4 Å². The maximum atomic E-state index is 2.28. The van der Waals surface area contributed by atoms with E-state index >= 15 is 0 Å². The molecule has 13 heavy (non-hydrogen) atoms. The summed E-state index contributed by atoms with van der Waals surface area (Å²) in [5.41, 5.74) is 2.65. The van der Waals surface area contributed by atoms with Crippen LogP contribution in [0.4, 0.5) is 0 Å². The second-order valence-corrected chi connectivity index (χ2v) is 3.41. The SMILES string of the molecule is C[C]1C=CC(c2ccccc2)=CC1. The molecule has 0 bridgehead atoms. The van der Waals surface area contributed by atoms with Gasteiger partial charge in [0.1, 0.15) is 0 Å². The summed E-state index contributed by atoms with van der Waals surface area (Å²) < 4.78 is 0. The van der Waals surface area contributed by atoms with Crippen molar-refractivity contribution in [2.24, 2.45) is 0 Å². The van der Waals surface area contributed by atoms with Crippen LogP contribution in [0.1, 0.15) is 18.9 Å². The van der Waals surface area contributed by atoms with Crippen molar-refractivity contribution in [3.8, 4) is 0 Å². The third kappa shape index (κ3) is 1.89. The summed E-state index contributed by atoms with van der Waals surface area (Å²) in [7, 11) is 0. The number of benzene rings is 1. The molecule has 0 aromatic heterocycles. The van der Waals surface area contributed by atoms with Gasteiger partial charge in [-0.1, -0.05) is 55.5 Å². The number of allylic oxidation sites excluding steroid dienone is 4. The summed E-state index contributed by atoms with van der Waals surface area (Å²) in [5, 5.41) is 0. The van der Waals surface area contributed by atoms with Crippen molar-refractivity contribution in [2.75, 3.05) is 0 Å². The van der Waals surface area contributed by atoms with Gasteiger partial charge in [0.2, 0.25) is 0 Å². The smallest absolute Gasteiger partial charge is 0.00171 e. The minimum absolute atomic E-state index is 1.08. The molecule has 0 aliphatic heterocycles. The minimum atomic E-state index is 1.08. The standard InChI is InChI=1S/C13H13/c1-11-7-9-13(10-8-11)12-5-3-2-4-6-12/h2-7,9-10H,8H2,1H3. The summed E-state index contributed by atoms with van der Waals surface area (Å²) in [4.78, 5) is 0. The van der Waals surface area contributed by atoms with Gasteiger partial charge in [0.15, 0.2) is 0 Å². The van der Waals surface area contributed by atoms with Crippen molar-refractivity contribution in [3.05, 3.63) is 60.0 Å². The normalized spacial score (nSPS) is 17.2. The second kappa shape index (κ2) is 3.61. The molecule has 0 heteroatoms. The maximum absolute atomic E-state index is 2.28. The Kier molecular flexibility index (Phi) is 2.31. The summed E-state index contributed by atoms with van der Waals surface area (Å²) in [5.74, 6) is 1.43. The molecule has 2 rings (SSSR count). The Morgan fingerprint density at radius 2 is 1.77 bits per heavy atom. The third-order valence-electron chi connectivity index (χ3n) is 2.30. The third-order valence-corrected chi connectivity index (χ3v) is 2.30. The molecule has 0 nitrogen and oxygen atoms in total. The van der Waals surface area contributed by atoms with E-state index in [4.69, 9.17) is 0 Å². The Morgan fingerprint density at radius 1 is 1.00 bits per heavy atom. The first-order chi connectivity index (χ1) is 6.36. The first-order valence-electron chi connectivity index (χ1n) is 4.62. The molecule has 1 aliphatic carbocycles. The van der Waals surface area contributed by atoms with Crippen LogP contribution in [-0.2, 0) is 0 Å². The van der Waals surface area contributed by atoms with E-state index in [1.54, 1.807) is 0 Å². The Hall–Kier alpha value is -1.30. The van der Waals surface area contributed by atoms with Gasteiger partial charge < -0.3 is 0 Å². The number of hydrogen-bond acceptors (Lipinski definition) is 0. The molecule has 65 valence electrons. The van der Waals surface area contributed by atoms with Crippen LogP contribution in [0.15, 0.2) is 48.6 Å². The van der Waals surface area contributed by atoms with Gasteiger partial charge in [0.05, 0.1) is 0 Å². The van der Waals surface area contributed by atoms with Crippen molar-refractivity contribution in [1.29, 1.82) is 0 Å². The zero-order valence-corrected chi connectivity index (χ0v) is 7.83.